The van der Waals surface area contributed by atoms with Crippen molar-refractivity contribution < 1.29 is 9.94 Å². The minimum Gasteiger partial charge on any atom is -0.497 e. The topological polar surface area (TPSA) is 41.8 Å². The van der Waals surface area contributed by atoms with Gasteiger partial charge in [0.15, 0.2) is 0 Å². The van der Waals surface area contributed by atoms with Crippen LogP contribution in [0.5, 0.6) is 5.75 Å². The maximum atomic E-state index is 9.09. The van der Waals surface area contributed by atoms with E-state index >= 15 is 0 Å². The summed E-state index contributed by atoms with van der Waals surface area (Å²) in [5.41, 5.74) is 1.60. The molecule has 0 saturated heterocycles. The van der Waals surface area contributed by atoms with Crippen molar-refractivity contribution >= 4 is 17.5 Å². The van der Waals surface area contributed by atoms with Crippen LogP contribution in [0.15, 0.2) is 64.6 Å². The van der Waals surface area contributed by atoms with Gasteiger partial charge in [-0.25, -0.2) is 0 Å². The SMILES string of the molecule is COc1ccc(SC/C(=N\O)c2ccccc2)cc1. The lowest BCUT2D eigenvalue weighted by atomic mass is 10.1. The molecule has 0 aliphatic heterocycles. The van der Waals surface area contributed by atoms with Crippen LogP contribution in [0, 0.1) is 0 Å². The fourth-order valence-electron chi connectivity index (χ4n) is 1.62. The molecule has 1 N–H and O–H groups in total. The highest BCUT2D eigenvalue weighted by Crippen LogP contribution is 2.22. The molecule has 3 nitrogen and oxygen atoms in total. The molecule has 4 heteroatoms. The third-order valence-electron chi connectivity index (χ3n) is 2.66. The lowest BCUT2D eigenvalue weighted by Gasteiger charge is -2.05. The minimum absolute atomic E-state index is 0.618. The summed E-state index contributed by atoms with van der Waals surface area (Å²) >= 11 is 1.62. The number of benzene rings is 2. The van der Waals surface area contributed by atoms with Crippen LogP contribution in [0.4, 0.5) is 0 Å². The number of methoxy groups -OCH3 is 1. The van der Waals surface area contributed by atoms with Gasteiger partial charge in [0.05, 0.1) is 12.8 Å². The van der Waals surface area contributed by atoms with Gasteiger partial charge in [-0.1, -0.05) is 35.5 Å². The summed E-state index contributed by atoms with van der Waals surface area (Å²) < 4.78 is 5.11. The molecule has 2 aromatic carbocycles. The van der Waals surface area contributed by atoms with Crippen molar-refractivity contribution in [1.82, 2.24) is 0 Å². The summed E-state index contributed by atoms with van der Waals surface area (Å²) in [6, 6.07) is 17.5. The first-order valence-corrected chi connectivity index (χ1v) is 6.85. The Morgan fingerprint density at radius 2 is 1.79 bits per heavy atom. The van der Waals surface area contributed by atoms with Gasteiger partial charge in [-0.05, 0) is 24.3 Å². The third kappa shape index (κ3) is 3.76. The zero-order valence-corrected chi connectivity index (χ0v) is 11.4. The molecular weight excluding hydrogens is 258 g/mol. The number of rotatable bonds is 5. The molecule has 0 radical (unpaired) electrons. The van der Waals surface area contributed by atoms with E-state index in [2.05, 4.69) is 5.16 Å². The first-order valence-electron chi connectivity index (χ1n) is 5.86. The Morgan fingerprint density at radius 3 is 2.37 bits per heavy atom. The number of hydrogen-bond acceptors (Lipinski definition) is 4. The van der Waals surface area contributed by atoms with Crippen molar-refractivity contribution in [2.75, 3.05) is 12.9 Å². The molecule has 0 aromatic heterocycles. The molecule has 0 bridgehead atoms. The maximum Gasteiger partial charge on any atom is 0.118 e. The lowest BCUT2D eigenvalue weighted by molar-refractivity contribution is 0.319. The number of hydrogen-bond donors (Lipinski definition) is 1. The normalized spacial score (nSPS) is 11.3. The average molecular weight is 273 g/mol. The van der Waals surface area contributed by atoms with Crippen molar-refractivity contribution in [1.29, 1.82) is 0 Å². The summed E-state index contributed by atoms with van der Waals surface area (Å²) in [6.45, 7) is 0. The molecule has 19 heavy (non-hydrogen) atoms. The third-order valence-corrected chi connectivity index (χ3v) is 3.69. The van der Waals surface area contributed by atoms with Gasteiger partial charge in [0.2, 0.25) is 0 Å². The molecule has 0 spiro atoms. The Hall–Kier alpha value is -1.94. The van der Waals surface area contributed by atoms with Crippen molar-refractivity contribution in [3.05, 3.63) is 60.2 Å². The van der Waals surface area contributed by atoms with Gasteiger partial charge in [0.1, 0.15) is 5.75 Å². The number of ether oxygens (including phenoxy) is 1. The van der Waals surface area contributed by atoms with E-state index in [4.69, 9.17) is 9.94 Å². The summed E-state index contributed by atoms with van der Waals surface area (Å²) in [5.74, 6) is 1.45. The Kier molecular flexibility index (Phi) is 4.86. The van der Waals surface area contributed by atoms with Crippen molar-refractivity contribution in [3.8, 4) is 5.75 Å². The van der Waals surface area contributed by atoms with E-state index in [1.165, 1.54) is 0 Å². The molecule has 0 aliphatic rings. The second-order valence-corrected chi connectivity index (χ2v) is 4.93. The molecular formula is C15H15NO2S. The Bertz CT molecular complexity index is 538. The molecule has 0 heterocycles. The van der Waals surface area contributed by atoms with E-state index in [1.54, 1.807) is 18.9 Å². The summed E-state index contributed by atoms with van der Waals surface area (Å²) in [4.78, 5) is 1.11. The summed E-state index contributed by atoms with van der Waals surface area (Å²) in [6.07, 6.45) is 0. The summed E-state index contributed by atoms with van der Waals surface area (Å²) in [5, 5.41) is 12.5. The van der Waals surface area contributed by atoms with Crippen LogP contribution in [-0.4, -0.2) is 23.8 Å². The van der Waals surface area contributed by atoms with E-state index in [9.17, 15) is 0 Å². The van der Waals surface area contributed by atoms with Gasteiger partial charge in [-0.2, -0.15) is 0 Å². The van der Waals surface area contributed by atoms with Gasteiger partial charge < -0.3 is 9.94 Å². The zero-order chi connectivity index (χ0) is 13.5. The average Bonchev–Trinajstić information content (AvgIpc) is 2.49. The predicted molar refractivity (Wildman–Crippen MR) is 78.5 cm³/mol. The fourth-order valence-corrected chi connectivity index (χ4v) is 2.48. The van der Waals surface area contributed by atoms with Crippen molar-refractivity contribution in [3.63, 3.8) is 0 Å². The van der Waals surface area contributed by atoms with Crippen LogP contribution in [0.25, 0.3) is 0 Å². The van der Waals surface area contributed by atoms with Crippen LogP contribution in [-0.2, 0) is 0 Å². The fraction of sp³-hybridized carbons (Fsp3) is 0.133. The maximum absolute atomic E-state index is 9.09. The quantitative estimate of drug-likeness (QED) is 0.391. The molecule has 0 saturated carbocycles. The Labute approximate surface area is 116 Å². The van der Waals surface area contributed by atoms with Gasteiger partial charge in [-0.15, -0.1) is 11.8 Å². The van der Waals surface area contributed by atoms with Crippen molar-refractivity contribution in [2.24, 2.45) is 5.16 Å². The molecule has 0 unspecified atom stereocenters. The monoisotopic (exact) mass is 273 g/mol. The van der Waals surface area contributed by atoms with Crippen LogP contribution in [0.2, 0.25) is 0 Å². The Balaban J connectivity index is 2.00. The first-order chi connectivity index (χ1) is 9.33. The smallest absolute Gasteiger partial charge is 0.118 e. The molecule has 2 aromatic rings. The van der Waals surface area contributed by atoms with Crippen molar-refractivity contribution in [2.45, 2.75) is 4.90 Å². The second-order valence-electron chi connectivity index (χ2n) is 3.88. The van der Waals surface area contributed by atoms with Gasteiger partial charge in [0.25, 0.3) is 0 Å². The standard InChI is InChI=1S/C15H15NO2S/c1-18-13-7-9-14(10-8-13)19-11-15(16-17)12-5-3-2-4-6-12/h2-10,17H,11H2,1H3/b16-15+. The van der Waals surface area contributed by atoms with Crippen LogP contribution >= 0.6 is 11.8 Å². The molecule has 0 aliphatic carbocycles. The lowest BCUT2D eigenvalue weighted by Crippen LogP contribution is -2.04. The highest BCUT2D eigenvalue weighted by molar-refractivity contribution is 8.00. The predicted octanol–water partition coefficient (Wildman–Crippen LogP) is 3.67. The second kappa shape index (κ2) is 6.85. The molecule has 0 atom stereocenters. The molecule has 98 valence electrons. The van der Waals surface area contributed by atoms with Gasteiger partial charge in [0, 0.05) is 16.2 Å². The van der Waals surface area contributed by atoms with E-state index in [0.29, 0.717) is 11.5 Å². The largest absolute Gasteiger partial charge is 0.497 e. The van der Waals surface area contributed by atoms with Gasteiger partial charge >= 0.3 is 0 Å². The molecule has 0 fully saturated rings. The van der Waals surface area contributed by atoms with E-state index in [1.807, 2.05) is 54.6 Å². The Morgan fingerprint density at radius 1 is 1.11 bits per heavy atom. The van der Waals surface area contributed by atoms with Gasteiger partial charge in [-0.3, -0.25) is 0 Å². The van der Waals surface area contributed by atoms with E-state index in [0.717, 1.165) is 16.2 Å². The zero-order valence-electron chi connectivity index (χ0n) is 10.6. The summed E-state index contributed by atoms with van der Waals surface area (Å²) in [7, 11) is 1.65. The van der Waals surface area contributed by atoms with E-state index in [-0.39, 0.29) is 0 Å². The minimum atomic E-state index is 0.618. The highest BCUT2D eigenvalue weighted by Gasteiger charge is 2.05. The number of thioether (sulfide) groups is 1. The van der Waals surface area contributed by atoms with E-state index < -0.39 is 0 Å². The number of oxime groups is 1. The first kappa shape index (κ1) is 13.5. The molecule has 2 rings (SSSR count). The number of nitrogens with zero attached hydrogens (tertiary/aromatic N) is 1. The highest BCUT2D eigenvalue weighted by atomic mass is 32.2. The van der Waals surface area contributed by atoms with Crippen LogP contribution in [0.1, 0.15) is 5.56 Å². The van der Waals surface area contributed by atoms with Crippen LogP contribution < -0.4 is 4.74 Å². The van der Waals surface area contributed by atoms with Crippen LogP contribution in [0.3, 0.4) is 0 Å². The molecule has 0 amide bonds.